The fourth-order valence-electron chi connectivity index (χ4n) is 4.15. The molecule has 144 valence electrons. The van der Waals surface area contributed by atoms with E-state index in [2.05, 4.69) is 103 Å². The van der Waals surface area contributed by atoms with Gasteiger partial charge in [0.2, 0.25) is 0 Å². The second-order valence-corrected chi connectivity index (χ2v) is 7.35. The summed E-state index contributed by atoms with van der Waals surface area (Å²) in [6.45, 7) is 0. The summed E-state index contributed by atoms with van der Waals surface area (Å²) in [4.78, 5) is 0. The lowest BCUT2D eigenvalue weighted by molar-refractivity contribution is 0.415. The fraction of sp³-hybridized carbons (Fsp3) is 0.0345. The van der Waals surface area contributed by atoms with Gasteiger partial charge < -0.3 is 4.74 Å². The predicted octanol–water partition coefficient (Wildman–Crippen LogP) is 7.85. The van der Waals surface area contributed by atoms with Gasteiger partial charge >= 0.3 is 0 Å². The van der Waals surface area contributed by atoms with Gasteiger partial charge in [-0.1, -0.05) is 97.1 Å². The zero-order chi connectivity index (χ0) is 20.3. The molecule has 1 nitrogen and oxygen atoms in total. The van der Waals surface area contributed by atoms with Crippen LogP contribution in [0.1, 0.15) is 0 Å². The lowest BCUT2D eigenvalue weighted by atomic mass is 9.85. The average molecular weight is 386 g/mol. The Labute approximate surface area is 177 Å². The highest BCUT2D eigenvalue weighted by atomic mass is 16.5. The van der Waals surface area contributed by atoms with Crippen LogP contribution in [-0.4, -0.2) is 7.11 Å². The smallest absolute Gasteiger partial charge is 0.118 e. The highest BCUT2D eigenvalue weighted by molar-refractivity contribution is 6.10. The molecule has 5 aromatic rings. The Morgan fingerprint density at radius 1 is 0.467 bits per heavy atom. The average Bonchev–Trinajstić information content (AvgIpc) is 2.84. The van der Waals surface area contributed by atoms with Crippen LogP contribution >= 0.6 is 0 Å². The molecule has 0 heterocycles. The van der Waals surface area contributed by atoms with E-state index in [1.807, 2.05) is 12.1 Å². The van der Waals surface area contributed by atoms with Crippen molar-refractivity contribution in [3.63, 3.8) is 0 Å². The van der Waals surface area contributed by atoms with Gasteiger partial charge in [-0.2, -0.15) is 0 Å². The number of hydrogen-bond acceptors (Lipinski definition) is 1. The Balaban J connectivity index is 1.87. The molecule has 0 aliphatic heterocycles. The second kappa shape index (κ2) is 7.88. The molecule has 0 saturated carbocycles. The summed E-state index contributed by atoms with van der Waals surface area (Å²) in [5, 5.41) is 2.51. The van der Waals surface area contributed by atoms with Crippen molar-refractivity contribution >= 4 is 10.8 Å². The number of methoxy groups -OCH3 is 1. The van der Waals surface area contributed by atoms with Gasteiger partial charge in [0.05, 0.1) is 7.11 Å². The van der Waals surface area contributed by atoms with Gasteiger partial charge in [0, 0.05) is 0 Å². The number of benzene rings is 5. The maximum atomic E-state index is 5.36. The van der Waals surface area contributed by atoms with E-state index in [1.165, 1.54) is 44.2 Å². The van der Waals surface area contributed by atoms with E-state index < -0.39 is 0 Å². The molecule has 30 heavy (non-hydrogen) atoms. The Hall–Kier alpha value is -3.84. The summed E-state index contributed by atoms with van der Waals surface area (Å²) >= 11 is 0. The topological polar surface area (TPSA) is 9.23 Å². The normalized spacial score (nSPS) is 10.8. The number of ether oxygens (including phenoxy) is 1. The molecule has 0 fully saturated rings. The summed E-state index contributed by atoms with van der Waals surface area (Å²) in [5.41, 5.74) is 7.38. The first-order chi connectivity index (χ1) is 14.8. The lowest BCUT2D eigenvalue weighted by Gasteiger charge is -2.18. The van der Waals surface area contributed by atoms with Gasteiger partial charge in [-0.25, -0.2) is 0 Å². The fourth-order valence-corrected chi connectivity index (χ4v) is 4.15. The van der Waals surface area contributed by atoms with Gasteiger partial charge in [-0.15, -0.1) is 0 Å². The molecular formula is C29H22O. The standard InChI is InChI=1S/C29H22O/c1-30-24-18-16-22(17-19-24)27-20-28(21-10-4-2-5-11-21)29(23-12-6-3-7-13-23)26-15-9-8-14-25(26)27/h2-20H,1H3. The van der Waals surface area contributed by atoms with Crippen molar-refractivity contribution in [2.45, 2.75) is 0 Å². The summed E-state index contributed by atoms with van der Waals surface area (Å²) in [7, 11) is 1.70. The monoisotopic (exact) mass is 386 g/mol. The van der Waals surface area contributed by atoms with Gasteiger partial charge in [-0.3, -0.25) is 0 Å². The van der Waals surface area contributed by atoms with Crippen LogP contribution in [0.2, 0.25) is 0 Å². The third kappa shape index (κ3) is 3.25. The van der Waals surface area contributed by atoms with E-state index in [-0.39, 0.29) is 0 Å². The molecule has 0 aliphatic rings. The number of rotatable bonds is 4. The molecule has 0 saturated heterocycles. The second-order valence-electron chi connectivity index (χ2n) is 7.35. The Kier molecular flexibility index (Phi) is 4.78. The van der Waals surface area contributed by atoms with E-state index >= 15 is 0 Å². The van der Waals surface area contributed by atoms with Crippen molar-refractivity contribution in [3.05, 3.63) is 115 Å². The molecule has 0 aromatic heterocycles. The van der Waals surface area contributed by atoms with E-state index in [1.54, 1.807) is 7.11 Å². The summed E-state index contributed by atoms with van der Waals surface area (Å²) < 4.78 is 5.36. The van der Waals surface area contributed by atoms with Crippen LogP contribution in [0.15, 0.2) is 115 Å². The first-order valence-corrected chi connectivity index (χ1v) is 10.2. The number of fused-ring (bicyclic) bond motifs is 1. The number of hydrogen-bond donors (Lipinski definition) is 0. The summed E-state index contributed by atoms with van der Waals surface area (Å²) in [5.74, 6) is 0.868. The lowest BCUT2D eigenvalue weighted by Crippen LogP contribution is -1.92. The minimum atomic E-state index is 0.868. The van der Waals surface area contributed by atoms with Crippen molar-refractivity contribution in [2.24, 2.45) is 0 Å². The third-order valence-electron chi connectivity index (χ3n) is 5.59. The molecule has 0 bridgehead atoms. The van der Waals surface area contributed by atoms with Crippen molar-refractivity contribution in [1.82, 2.24) is 0 Å². The maximum Gasteiger partial charge on any atom is 0.118 e. The van der Waals surface area contributed by atoms with Crippen molar-refractivity contribution in [1.29, 1.82) is 0 Å². The molecule has 5 aromatic carbocycles. The van der Waals surface area contributed by atoms with Crippen LogP contribution in [0.5, 0.6) is 5.75 Å². The van der Waals surface area contributed by atoms with E-state index in [0.29, 0.717) is 0 Å². The minimum Gasteiger partial charge on any atom is -0.497 e. The molecule has 5 rings (SSSR count). The SMILES string of the molecule is COc1ccc(-c2cc(-c3ccccc3)c(-c3ccccc3)c3ccccc23)cc1. The van der Waals surface area contributed by atoms with Crippen LogP contribution < -0.4 is 4.74 Å². The largest absolute Gasteiger partial charge is 0.497 e. The van der Waals surface area contributed by atoms with E-state index in [9.17, 15) is 0 Å². The highest BCUT2D eigenvalue weighted by Crippen LogP contribution is 2.43. The zero-order valence-electron chi connectivity index (χ0n) is 16.9. The van der Waals surface area contributed by atoms with Gasteiger partial charge in [0.25, 0.3) is 0 Å². The van der Waals surface area contributed by atoms with Gasteiger partial charge in [0.1, 0.15) is 5.75 Å². The van der Waals surface area contributed by atoms with Crippen LogP contribution in [0.4, 0.5) is 0 Å². The van der Waals surface area contributed by atoms with Crippen LogP contribution in [0.25, 0.3) is 44.2 Å². The van der Waals surface area contributed by atoms with Crippen LogP contribution in [-0.2, 0) is 0 Å². The molecule has 0 spiro atoms. The molecule has 0 unspecified atom stereocenters. The zero-order valence-corrected chi connectivity index (χ0v) is 16.9. The highest BCUT2D eigenvalue weighted by Gasteiger charge is 2.16. The molecule has 0 radical (unpaired) electrons. The first kappa shape index (κ1) is 18.2. The first-order valence-electron chi connectivity index (χ1n) is 10.2. The molecule has 0 aliphatic carbocycles. The summed E-state index contributed by atoms with van der Waals surface area (Å²) in [6.07, 6.45) is 0. The summed E-state index contributed by atoms with van der Waals surface area (Å²) in [6, 6.07) is 40.7. The molecule has 1 heteroatoms. The quantitative estimate of drug-likeness (QED) is 0.305. The van der Waals surface area contributed by atoms with Crippen LogP contribution in [0, 0.1) is 0 Å². The molecule has 0 atom stereocenters. The molecule has 0 N–H and O–H groups in total. The Morgan fingerprint density at radius 2 is 1.00 bits per heavy atom. The van der Waals surface area contributed by atoms with Crippen LogP contribution in [0.3, 0.4) is 0 Å². The Bertz CT molecular complexity index is 1290. The minimum absolute atomic E-state index is 0.868. The van der Waals surface area contributed by atoms with Crippen molar-refractivity contribution in [2.75, 3.05) is 7.11 Å². The van der Waals surface area contributed by atoms with Crippen molar-refractivity contribution in [3.8, 4) is 39.1 Å². The van der Waals surface area contributed by atoms with Gasteiger partial charge in [0.15, 0.2) is 0 Å². The molecular weight excluding hydrogens is 364 g/mol. The predicted molar refractivity (Wildman–Crippen MR) is 127 cm³/mol. The van der Waals surface area contributed by atoms with Gasteiger partial charge in [-0.05, 0) is 62.4 Å². The van der Waals surface area contributed by atoms with E-state index in [4.69, 9.17) is 4.74 Å². The van der Waals surface area contributed by atoms with E-state index in [0.717, 1.165) is 5.75 Å². The maximum absolute atomic E-state index is 5.36. The molecule has 0 amide bonds. The van der Waals surface area contributed by atoms with Crippen molar-refractivity contribution < 1.29 is 4.74 Å². The third-order valence-corrected chi connectivity index (χ3v) is 5.59. The Morgan fingerprint density at radius 3 is 1.63 bits per heavy atom.